The summed E-state index contributed by atoms with van der Waals surface area (Å²) in [6.45, 7) is 2.31. The van der Waals surface area contributed by atoms with Crippen molar-refractivity contribution >= 4 is 45.7 Å². The monoisotopic (exact) mass is 424 g/mol. The number of ether oxygens (including phenoxy) is 3. The predicted octanol–water partition coefficient (Wildman–Crippen LogP) is 2.85. The molecule has 1 aliphatic heterocycles. The Hall–Kier alpha value is -2.78. The van der Waals surface area contributed by atoms with Gasteiger partial charge in [0.05, 0.1) is 29.4 Å². The molecule has 1 unspecified atom stereocenters. The van der Waals surface area contributed by atoms with E-state index in [1.807, 2.05) is 0 Å². The van der Waals surface area contributed by atoms with Crippen molar-refractivity contribution < 1.29 is 28.6 Å². The van der Waals surface area contributed by atoms with Crippen LogP contribution in [0.2, 0.25) is 5.02 Å². The van der Waals surface area contributed by atoms with Crippen LogP contribution < -0.4 is 20.5 Å². The molecule has 0 radical (unpaired) electrons. The van der Waals surface area contributed by atoms with Gasteiger partial charge in [-0.25, -0.2) is 4.79 Å². The molecule has 10 heteroatoms. The fraction of sp³-hybridized carbons (Fsp3) is 0.278. The maximum absolute atomic E-state index is 12.4. The lowest BCUT2D eigenvalue weighted by atomic mass is 10.2. The fourth-order valence-corrected chi connectivity index (χ4v) is 3.50. The molecule has 3 rings (SSSR count). The van der Waals surface area contributed by atoms with E-state index in [4.69, 9.17) is 31.5 Å². The smallest absolute Gasteiger partial charge is 0.339 e. The largest absolute Gasteiger partial charge is 0.489 e. The Morgan fingerprint density at radius 1 is 1.29 bits per heavy atom. The summed E-state index contributed by atoms with van der Waals surface area (Å²) in [5.74, 6) is -1.29. The van der Waals surface area contributed by atoms with Crippen molar-refractivity contribution in [3.8, 4) is 11.5 Å². The first-order valence-electron chi connectivity index (χ1n) is 8.35. The van der Waals surface area contributed by atoms with Crippen molar-refractivity contribution in [2.75, 3.05) is 18.5 Å². The lowest BCUT2D eigenvalue weighted by molar-refractivity contribution is -0.123. The Morgan fingerprint density at radius 2 is 2.04 bits per heavy atom. The van der Waals surface area contributed by atoms with Crippen molar-refractivity contribution in [2.45, 2.75) is 19.4 Å². The van der Waals surface area contributed by atoms with Gasteiger partial charge in [0, 0.05) is 6.42 Å². The zero-order valence-corrected chi connectivity index (χ0v) is 16.4. The molecular weight excluding hydrogens is 408 g/mol. The molecule has 1 atom stereocenters. The first-order chi connectivity index (χ1) is 13.4. The second kappa shape index (κ2) is 8.49. The van der Waals surface area contributed by atoms with Crippen LogP contribution in [0.4, 0.5) is 5.00 Å². The number of carbonyl (C=O) groups excluding carboxylic acids is 3. The van der Waals surface area contributed by atoms with Crippen LogP contribution in [0.3, 0.4) is 0 Å². The van der Waals surface area contributed by atoms with Crippen molar-refractivity contribution in [3.63, 3.8) is 0 Å². The first kappa shape index (κ1) is 20.0. The number of nitrogens with two attached hydrogens (primary N) is 1. The highest BCUT2D eigenvalue weighted by molar-refractivity contribution is 7.14. The topological polar surface area (TPSA) is 117 Å². The number of fused-ring (bicyclic) bond motifs is 1. The van der Waals surface area contributed by atoms with E-state index in [1.165, 1.54) is 25.1 Å². The molecule has 1 aliphatic rings. The summed E-state index contributed by atoms with van der Waals surface area (Å²) in [5, 5.41) is 4.65. The molecule has 148 valence electrons. The number of hydrogen-bond donors (Lipinski definition) is 2. The summed E-state index contributed by atoms with van der Waals surface area (Å²) in [7, 11) is 0. The highest BCUT2D eigenvalue weighted by atomic mass is 35.5. The normalized spacial score (nSPS) is 13.9. The van der Waals surface area contributed by atoms with E-state index in [0.717, 1.165) is 11.3 Å². The van der Waals surface area contributed by atoms with Gasteiger partial charge in [0.1, 0.15) is 5.00 Å². The van der Waals surface area contributed by atoms with E-state index < -0.39 is 23.9 Å². The summed E-state index contributed by atoms with van der Waals surface area (Å²) in [5.41, 5.74) is 5.56. The van der Waals surface area contributed by atoms with E-state index >= 15 is 0 Å². The average molecular weight is 425 g/mol. The van der Waals surface area contributed by atoms with E-state index in [9.17, 15) is 14.4 Å². The Kier molecular flexibility index (Phi) is 6.05. The Balaban J connectivity index is 1.69. The molecule has 0 bridgehead atoms. The van der Waals surface area contributed by atoms with E-state index in [-0.39, 0.29) is 16.1 Å². The van der Waals surface area contributed by atoms with Crippen LogP contribution >= 0.6 is 22.9 Å². The highest BCUT2D eigenvalue weighted by Crippen LogP contribution is 2.38. The minimum Gasteiger partial charge on any atom is -0.489 e. The molecule has 28 heavy (non-hydrogen) atoms. The molecule has 2 aromatic rings. The van der Waals surface area contributed by atoms with Gasteiger partial charge < -0.3 is 25.3 Å². The number of nitrogens with one attached hydrogen (secondary N) is 1. The summed E-state index contributed by atoms with van der Waals surface area (Å²) in [6, 6.07) is 4.36. The first-order valence-corrected chi connectivity index (χ1v) is 9.61. The molecule has 2 heterocycles. The quantitative estimate of drug-likeness (QED) is 0.713. The van der Waals surface area contributed by atoms with Crippen LogP contribution in [-0.4, -0.2) is 37.1 Å². The zero-order chi connectivity index (χ0) is 20.3. The van der Waals surface area contributed by atoms with Crippen molar-refractivity contribution in [3.05, 3.63) is 39.7 Å². The minimum absolute atomic E-state index is 0.128. The number of thiophene rings is 1. The van der Waals surface area contributed by atoms with E-state index in [2.05, 4.69) is 5.32 Å². The second-order valence-corrected chi connectivity index (χ2v) is 7.22. The van der Waals surface area contributed by atoms with Gasteiger partial charge in [0.25, 0.3) is 11.8 Å². The van der Waals surface area contributed by atoms with Gasteiger partial charge >= 0.3 is 5.97 Å². The minimum atomic E-state index is -1.12. The maximum atomic E-state index is 12.4. The molecule has 8 nitrogen and oxygen atoms in total. The van der Waals surface area contributed by atoms with Crippen molar-refractivity contribution in [2.24, 2.45) is 5.73 Å². The van der Waals surface area contributed by atoms with Crippen molar-refractivity contribution in [1.82, 2.24) is 0 Å². The molecule has 1 aromatic heterocycles. The van der Waals surface area contributed by atoms with E-state index in [1.54, 1.807) is 5.38 Å². The summed E-state index contributed by atoms with van der Waals surface area (Å²) < 4.78 is 16.3. The lowest BCUT2D eigenvalue weighted by Gasteiger charge is -2.15. The number of rotatable bonds is 5. The number of anilines is 1. The van der Waals surface area contributed by atoms with Crippen LogP contribution in [0.15, 0.2) is 23.6 Å². The number of primary amides is 1. The molecule has 0 saturated heterocycles. The Morgan fingerprint density at radius 3 is 2.79 bits per heavy atom. The van der Waals surface area contributed by atoms with Crippen LogP contribution in [0, 0.1) is 0 Å². The lowest BCUT2D eigenvalue weighted by Crippen LogP contribution is -2.30. The van der Waals surface area contributed by atoms with Gasteiger partial charge in [-0.3, -0.25) is 9.59 Å². The van der Waals surface area contributed by atoms with Gasteiger partial charge in [0.15, 0.2) is 17.6 Å². The molecule has 0 aliphatic carbocycles. The van der Waals surface area contributed by atoms with Gasteiger partial charge in [-0.2, -0.15) is 0 Å². The summed E-state index contributed by atoms with van der Waals surface area (Å²) in [4.78, 5) is 36.1. The molecule has 1 aromatic carbocycles. The molecule has 0 saturated carbocycles. The number of benzene rings is 1. The average Bonchev–Trinajstić information content (AvgIpc) is 2.97. The van der Waals surface area contributed by atoms with Crippen LogP contribution in [0.25, 0.3) is 0 Å². The number of esters is 1. The number of halogens is 1. The third-order valence-corrected chi connectivity index (χ3v) is 4.97. The van der Waals surface area contributed by atoms with Gasteiger partial charge in [0.2, 0.25) is 0 Å². The standard InChI is InChI=1S/C18H17ClN2O6S/c1-9(16(23)21-17-11(15(20)22)3-6-28-17)27-18(24)10-7-12(19)14-13(8-10)25-4-2-5-26-14/h3,6-9H,2,4-5H2,1H3,(H2,20,22)(H,21,23). The molecule has 0 fully saturated rings. The number of hydrogen-bond acceptors (Lipinski definition) is 7. The molecule has 0 spiro atoms. The van der Waals surface area contributed by atoms with Gasteiger partial charge in [-0.1, -0.05) is 11.6 Å². The second-order valence-electron chi connectivity index (χ2n) is 5.90. The Labute approximate surface area is 169 Å². The molecule has 3 N–H and O–H groups in total. The SMILES string of the molecule is CC(OC(=O)c1cc(Cl)c2c(c1)OCCCO2)C(=O)Nc1sccc1C(N)=O. The van der Waals surface area contributed by atoms with Gasteiger partial charge in [-0.15, -0.1) is 11.3 Å². The van der Waals surface area contributed by atoms with Gasteiger partial charge in [-0.05, 0) is 30.5 Å². The summed E-state index contributed by atoms with van der Waals surface area (Å²) >= 11 is 7.31. The third kappa shape index (κ3) is 4.37. The highest BCUT2D eigenvalue weighted by Gasteiger charge is 2.24. The van der Waals surface area contributed by atoms with E-state index in [0.29, 0.717) is 36.1 Å². The summed E-state index contributed by atoms with van der Waals surface area (Å²) in [6.07, 6.45) is -0.428. The number of amides is 2. The fourth-order valence-electron chi connectivity index (χ4n) is 2.44. The molecule has 2 amide bonds. The maximum Gasteiger partial charge on any atom is 0.339 e. The van der Waals surface area contributed by atoms with Crippen LogP contribution in [-0.2, 0) is 9.53 Å². The predicted molar refractivity (Wildman–Crippen MR) is 103 cm³/mol. The Bertz CT molecular complexity index is 929. The number of carbonyl (C=O) groups is 3. The van der Waals surface area contributed by atoms with Crippen LogP contribution in [0.1, 0.15) is 34.1 Å². The van der Waals surface area contributed by atoms with Crippen molar-refractivity contribution in [1.29, 1.82) is 0 Å². The molecular formula is C18H17ClN2O6S. The zero-order valence-electron chi connectivity index (χ0n) is 14.8. The van der Waals surface area contributed by atoms with Crippen LogP contribution in [0.5, 0.6) is 11.5 Å². The third-order valence-electron chi connectivity index (χ3n) is 3.86.